The number of nitrogens with zero attached hydrogens (tertiary/aromatic N) is 5. The zero-order valence-corrected chi connectivity index (χ0v) is 25.5. The van der Waals surface area contributed by atoms with Crippen LogP contribution >= 0.6 is 0 Å². The number of carbonyl (C=O) groups excluding carboxylic acids is 2. The van der Waals surface area contributed by atoms with Gasteiger partial charge in [-0.25, -0.2) is 14.8 Å². The minimum atomic E-state index is -0.391. The summed E-state index contributed by atoms with van der Waals surface area (Å²) in [6, 6.07) is 13.1. The van der Waals surface area contributed by atoms with E-state index in [0.29, 0.717) is 17.9 Å². The predicted octanol–water partition coefficient (Wildman–Crippen LogP) is 6.63. The Hall–Kier alpha value is -4.34. The van der Waals surface area contributed by atoms with E-state index in [0.717, 1.165) is 47.6 Å². The normalized spacial score (nSPS) is 19.6. The van der Waals surface area contributed by atoms with Crippen molar-refractivity contribution in [3.8, 4) is 5.75 Å². The van der Waals surface area contributed by atoms with E-state index in [1.807, 2.05) is 57.3 Å². The van der Waals surface area contributed by atoms with E-state index in [1.165, 1.54) is 19.8 Å². The molecule has 1 saturated carbocycles. The van der Waals surface area contributed by atoms with Crippen molar-refractivity contribution in [2.75, 3.05) is 5.32 Å². The van der Waals surface area contributed by atoms with Crippen molar-refractivity contribution in [2.24, 2.45) is 0 Å². The standard InChI is InChI=1S/C33H39N7O3/c1-20(41)29-35-26(32(2,3)4)18-27(36-29)37-31(42)34-24-13-14-25(23-11-7-6-10-22(23)24)43-21-12-15-28-38-39-30(40(28)19-21)33(5)16-8-9-17-33/h6-7,10-12,15,18-19,24-25H,8-9,13-14,16-17H2,1-5H3,(H2,34,35,36,37,42)/t24-,25+/m0/s1. The molecular formula is C33H39N7O3. The van der Waals surface area contributed by atoms with Crippen LogP contribution in [0, 0.1) is 0 Å². The second-order valence-electron chi connectivity index (χ2n) is 13.1. The molecule has 3 heterocycles. The number of ketones is 1. The molecule has 224 valence electrons. The second kappa shape index (κ2) is 11.1. The van der Waals surface area contributed by atoms with Crippen LogP contribution in [0.15, 0.2) is 48.7 Å². The van der Waals surface area contributed by atoms with Crippen LogP contribution in [0.25, 0.3) is 5.65 Å². The molecule has 0 aliphatic heterocycles. The van der Waals surface area contributed by atoms with Gasteiger partial charge in [0.25, 0.3) is 0 Å². The fraction of sp³-hybridized carbons (Fsp3) is 0.455. The topological polar surface area (TPSA) is 123 Å². The summed E-state index contributed by atoms with van der Waals surface area (Å²) in [6.45, 7) is 9.70. The molecule has 0 saturated heterocycles. The van der Waals surface area contributed by atoms with E-state index >= 15 is 0 Å². The van der Waals surface area contributed by atoms with Crippen LogP contribution in [0.1, 0.15) is 119 Å². The highest BCUT2D eigenvalue weighted by atomic mass is 16.5. The number of aromatic nitrogens is 5. The number of Topliss-reactive ketones (excluding diaryl/α,β-unsaturated/α-hetero) is 1. The maximum atomic E-state index is 13.2. The van der Waals surface area contributed by atoms with Gasteiger partial charge < -0.3 is 10.1 Å². The smallest absolute Gasteiger partial charge is 0.320 e. The number of carbonyl (C=O) groups is 2. The lowest BCUT2D eigenvalue weighted by molar-refractivity contribution is 0.100. The minimum Gasteiger partial charge on any atom is -0.484 e. The van der Waals surface area contributed by atoms with Gasteiger partial charge in [0, 0.05) is 23.8 Å². The number of anilines is 1. The lowest BCUT2D eigenvalue weighted by Gasteiger charge is -2.32. The molecule has 0 spiro atoms. The van der Waals surface area contributed by atoms with E-state index in [4.69, 9.17) is 4.74 Å². The first-order valence-electron chi connectivity index (χ1n) is 15.1. The molecule has 2 aliphatic carbocycles. The number of amides is 2. The Morgan fingerprint density at radius 2 is 1.74 bits per heavy atom. The van der Waals surface area contributed by atoms with Gasteiger partial charge in [-0.15, -0.1) is 10.2 Å². The Kier molecular flexibility index (Phi) is 7.40. The van der Waals surface area contributed by atoms with Crippen molar-refractivity contribution in [2.45, 2.75) is 96.1 Å². The SMILES string of the molecule is CC(=O)c1nc(NC(=O)N[C@H]2CC[C@@H](Oc3ccc4nnc(C5(C)CCCC5)n4c3)c3ccccc32)cc(C(C)(C)C)n1. The second-order valence-corrected chi connectivity index (χ2v) is 13.1. The van der Waals surface area contributed by atoms with Crippen molar-refractivity contribution < 1.29 is 14.3 Å². The third-order valence-electron chi connectivity index (χ3n) is 8.69. The number of benzene rings is 1. The Bertz CT molecular complexity index is 1680. The summed E-state index contributed by atoms with van der Waals surface area (Å²) < 4.78 is 8.67. The molecule has 0 unspecified atom stereocenters. The Morgan fingerprint density at radius 1 is 1.00 bits per heavy atom. The molecule has 4 aromatic rings. The van der Waals surface area contributed by atoms with Crippen LogP contribution in [0.2, 0.25) is 0 Å². The highest BCUT2D eigenvalue weighted by Gasteiger charge is 2.35. The number of urea groups is 1. The number of fused-ring (bicyclic) bond motifs is 2. The molecule has 43 heavy (non-hydrogen) atoms. The van der Waals surface area contributed by atoms with E-state index in [9.17, 15) is 9.59 Å². The number of pyridine rings is 1. The zero-order chi connectivity index (χ0) is 30.4. The summed E-state index contributed by atoms with van der Waals surface area (Å²) in [6.07, 6.45) is 7.93. The number of hydrogen-bond donors (Lipinski definition) is 2. The average Bonchev–Trinajstić information content (AvgIpc) is 3.60. The summed E-state index contributed by atoms with van der Waals surface area (Å²) >= 11 is 0. The summed E-state index contributed by atoms with van der Waals surface area (Å²) in [5.41, 5.74) is 3.28. The zero-order valence-electron chi connectivity index (χ0n) is 25.5. The van der Waals surface area contributed by atoms with Gasteiger partial charge in [-0.3, -0.25) is 14.5 Å². The number of hydrogen-bond acceptors (Lipinski definition) is 7. The number of ether oxygens (including phenoxy) is 1. The number of rotatable bonds is 6. The molecule has 2 aliphatic rings. The van der Waals surface area contributed by atoms with Gasteiger partial charge in [0.2, 0.25) is 0 Å². The van der Waals surface area contributed by atoms with Crippen LogP contribution in [-0.2, 0) is 10.8 Å². The highest BCUT2D eigenvalue weighted by Crippen LogP contribution is 2.41. The van der Waals surface area contributed by atoms with Crippen LogP contribution < -0.4 is 15.4 Å². The Morgan fingerprint density at radius 3 is 2.47 bits per heavy atom. The predicted molar refractivity (Wildman–Crippen MR) is 163 cm³/mol. The maximum Gasteiger partial charge on any atom is 0.320 e. The molecule has 2 atom stereocenters. The maximum absolute atomic E-state index is 13.2. The van der Waals surface area contributed by atoms with Crippen molar-refractivity contribution in [1.29, 1.82) is 0 Å². The first-order chi connectivity index (χ1) is 20.5. The highest BCUT2D eigenvalue weighted by molar-refractivity contribution is 5.92. The summed E-state index contributed by atoms with van der Waals surface area (Å²) in [7, 11) is 0. The molecule has 10 heteroatoms. The molecule has 1 fully saturated rings. The van der Waals surface area contributed by atoms with Crippen molar-refractivity contribution in [1.82, 2.24) is 29.9 Å². The summed E-state index contributed by atoms with van der Waals surface area (Å²) in [4.78, 5) is 33.9. The van der Waals surface area contributed by atoms with Gasteiger partial charge in [0.05, 0.1) is 17.9 Å². The van der Waals surface area contributed by atoms with E-state index < -0.39 is 6.03 Å². The van der Waals surface area contributed by atoms with Gasteiger partial charge in [-0.2, -0.15) is 0 Å². The quantitative estimate of drug-likeness (QED) is 0.245. The van der Waals surface area contributed by atoms with Crippen LogP contribution in [0.3, 0.4) is 0 Å². The molecule has 6 rings (SSSR count). The van der Waals surface area contributed by atoms with Crippen LogP contribution in [-0.4, -0.2) is 36.4 Å². The molecular weight excluding hydrogens is 542 g/mol. The van der Waals surface area contributed by atoms with Gasteiger partial charge in [0.1, 0.15) is 23.5 Å². The molecule has 1 aromatic carbocycles. The Labute approximate surface area is 251 Å². The van der Waals surface area contributed by atoms with Crippen molar-refractivity contribution in [3.05, 3.63) is 77.1 Å². The van der Waals surface area contributed by atoms with E-state index in [2.05, 4.69) is 48.2 Å². The fourth-order valence-corrected chi connectivity index (χ4v) is 6.28. The lowest BCUT2D eigenvalue weighted by Crippen LogP contribution is -2.36. The third kappa shape index (κ3) is 5.83. The summed E-state index contributed by atoms with van der Waals surface area (Å²) in [5.74, 6) is 1.88. The first-order valence-corrected chi connectivity index (χ1v) is 15.1. The Balaban J connectivity index is 1.19. The van der Waals surface area contributed by atoms with Crippen LogP contribution in [0.5, 0.6) is 5.75 Å². The van der Waals surface area contributed by atoms with E-state index in [-0.39, 0.29) is 34.6 Å². The van der Waals surface area contributed by atoms with E-state index in [1.54, 1.807) is 6.07 Å². The molecule has 3 aromatic heterocycles. The lowest BCUT2D eigenvalue weighted by atomic mass is 9.85. The first kappa shape index (κ1) is 28.8. The summed E-state index contributed by atoms with van der Waals surface area (Å²) in [5, 5.41) is 14.9. The fourth-order valence-electron chi connectivity index (χ4n) is 6.28. The van der Waals surface area contributed by atoms with Gasteiger partial charge in [-0.05, 0) is 48.9 Å². The largest absolute Gasteiger partial charge is 0.484 e. The average molecular weight is 582 g/mol. The van der Waals surface area contributed by atoms with Gasteiger partial charge in [0.15, 0.2) is 17.3 Å². The molecule has 10 nitrogen and oxygen atoms in total. The monoisotopic (exact) mass is 581 g/mol. The molecule has 2 N–H and O–H groups in total. The number of nitrogens with one attached hydrogen (secondary N) is 2. The minimum absolute atomic E-state index is 0.0304. The third-order valence-corrected chi connectivity index (χ3v) is 8.69. The van der Waals surface area contributed by atoms with Gasteiger partial charge >= 0.3 is 6.03 Å². The van der Waals surface area contributed by atoms with Crippen molar-refractivity contribution >= 4 is 23.3 Å². The molecule has 0 radical (unpaired) electrons. The van der Waals surface area contributed by atoms with Gasteiger partial charge in [-0.1, -0.05) is 64.8 Å². The molecule has 2 amide bonds. The molecule has 0 bridgehead atoms. The van der Waals surface area contributed by atoms with Crippen LogP contribution in [0.4, 0.5) is 10.6 Å². The van der Waals surface area contributed by atoms with Crippen molar-refractivity contribution in [3.63, 3.8) is 0 Å².